The van der Waals surface area contributed by atoms with Crippen molar-refractivity contribution in [2.45, 2.75) is 0 Å². The van der Waals surface area contributed by atoms with Crippen molar-refractivity contribution in [3.63, 3.8) is 0 Å². The molecule has 0 amide bonds. The van der Waals surface area contributed by atoms with Crippen LogP contribution in [0.25, 0.3) is 187 Å². The Labute approximate surface area is 548 Å². The molecule has 9 heteroatoms. The Kier molecular flexibility index (Phi) is 11.7. The smallest absolute Gasteiger partial charge is 0.238 e. The van der Waals surface area contributed by atoms with Gasteiger partial charge in [0.05, 0.1) is 49.8 Å². The largest absolute Gasteiger partial charge is 0.309 e. The first-order valence-corrected chi connectivity index (χ1v) is 32.9. The van der Waals surface area contributed by atoms with Crippen LogP contribution in [0.5, 0.6) is 0 Å². The van der Waals surface area contributed by atoms with Crippen LogP contribution < -0.4 is 0 Å². The Balaban J connectivity index is 0.779. The third-order valence-corrected chi connectivity index (χ3v) is 20.4. The number of aromatic nitrogens is 8. The number of hydrogen-bond acceptors (Lipinski definition) is 5. The molecule has 20 rings (SSSR count). The summed E-state index contributed by atoms with van der Waals surface area (Å²) in [5, 5.41) is 11.7. The lowest BCUT2D eigenvalue weighted by Crippen LogP contribution is -2.06. The lowest BCUT2D eigenvalue weighted by Gasteiger charge is -2.13. The van der Waals surface area contributed by atoms with E-state index in [1.807, 2.05) is 11.3 Å². The molecule has 0 aliphatic carbocycles. The van der Waals surface area contributed by atoms with E-state index in [-0.39, 0.29) is 0 Å². The van der Waals surface area contributed by atoms with E-state index in [4.69, 9.17) is 19.9 Å². The summed E-state index contributed by atoms with van der Waals surface area (Å²) in [7, 11) is 0. The highest BCUT2D eigenvalue weighted by Gasteiger charge is 2.24. The zero-order chi connectivity index (χ0) is 62.2. The minimum absolute atomic E-state index is 0.510. The van der Waals surface area contributed by atoms with Crippen molar-refractivity contribution in [3.05, 3.63) is 315 Å². The van der Waals surface area contributed by atoms with Gasteiger partial charge in [-0.05, 0) is 150 Å². The van der Waals surface area contributed by atoms with E-state index >= 15 is 0 Å². The molecule has 0 radical (unpaired) electrons. The number of hydrogen-bond donors (Lipinski definition) is 0. The quantitative estimate of drug-likeness (QED) is 0.144. The molecule has 0 N–H and O–H groups in total. The first-order valence-electron chi connectivity index (χ1n) is 32.1. The summed E-state index contributed by atoms with van der Waals surface area (Å²) in [5.74, 6) is 2.46. The van der Waals surface area contributed by atoms with Crippen LogP contribution in [-0.4, -0.2) is 38.2 Å². The highest BCUT2D eigenvalue weighted by atomic mass is 32.1. The van der Waals surface area contributed by atoms with Gasteiger partial charge in [-0.3, -0.25) is 9.13 Å². The van der Waals surface area contributed by atoms with E-state index in [1.165, 1.54) is 52.8 Å². The Morgan fingerprint density at radius 3 is 1.19 bits per heavy atom. The average Bonchev–Trinajstić information content (AvgIpc) is 1.57. The summed E-state index contributed by atoms with van der Waals surface area (Å²) in [5.41, 5.74) is 19.0. The van der Waals surface area contributed by atoms with Gasteiger partial charge in [-0.2, -0.15) is 9.97 Å². The predicted octanol–water partition coefficient (Wildman–Crippen LogP) is 22.4. The van der Waals surface area contributed by atoms with Gasteiger partial charge < -0.3 is 9.13 Å². The minimum Gasteiger partial charge on any atom is -0.309 e. The highest BCUT2D eigenvalue weighted by Crippen LogP contribution is 2.43. The monoisotopic (exact) mass is 1230 g/mol. The molecule has 13 aromatic carbocycles. The number of thiophene rings is 1. The third kappa shape index (κ3) is 8.39. The standard InChI is InChI=1S/C86H52N8S/c1-3-24-60(25-4-1)91-73-34-12-7-28-62(73)67-48-55(40-43-77(67)91)53-20-17-22-58(46-53)84-88-85(59-23-18-21-54(47-59)56-41-44-78-68(49-56)63-29-8-13-35-74(63)92(78)61-26-5-2-6-27-61)90-86(89-84)94-76-37-15-10-31-65(76)70-51-69-64-30-9-14-36-75(64)93(79(69)52-80(70)94)83-39-19-33-72(87-83)57-42-45-82-71(50-57)66-32-11-16-38-81(66)95-82/h1-52H. The maximum atomic E-state index is 5.61. The summed E-state index contributed by atoms with van der Waals surface area (Å²) in [6, 6.07) is 113. The van der Waals surface area contributed by atoms with Crippen LogP contribution in [0.15, 0.2) is 315 Å². The second-order valence-corrected chi connectivity index (χ2v) is 25.6. The maximum Gasteiger partial charge on any atom is 0.238 e. The number of benzene rings is 13. The second kappa shape index (κ2) is 21.0. The summed E-state index contributed by atoms with van der Waals surface area (Å²) in [6.45, 7) is 0. The molecule has 0 unspecified atom stereocenters. The first kappa shape index (κ1) is 53.1. The molecule has 0 saturated heterocycles. The molecule has 7 heterocycles. The maximum absolute atomic E-state index is 5.61. The molecule has 0 spiro atoms. The number of rotatable bonds is 9. The number of para-hydroxylation sites is 6. The molecule has 0 bridgehead atoms. The van der Waals surface area contributed by atoms with Gasteiger partial charge in [-0.15, -0.1) is 11.3 Å². The molecule has 442 valence electrons. The van der Waals surface area contributed by atoms with Crippen molar-refractivity contribution < 1.29 is 0 Å². The van der Waals surface area contributed by atoms with Gasteiger partial charge in [0.2, 0.25) is 5.95 Å². The minimum atomic E-state index is 0.510. The Morgan fingerprint density at radius 1 is 0.211 bits per heavy atom. The number of pyridine rings is 1. The fourth-order valence-electron chi connectivity index (χ4n) is 14.9. The van der Waals surface area contributed by atoms with Crippen LogP contribution in [0.3, 0.4) is 0 Å². The van der Waals surface area contributed by atoms with Crippen molar-refractivity contribution in [1.82, 2.24) is 38.2 Å². The molecule has 0 fully saturated rings. The second-order valence-electron chi connectivity index (χ2n) is 24.6. The lowest BCUT2D eigenvalue weighted by molar-refractivity contribution is 0.953. The van der Waals surface area contributed by atoms with E-state index in [0.29, 0.717) is 17.6 Å². The molecule has 0 atom stereocenters. The van der Waals surface area contributed by atoms with Crippen LogP contribution in [0.1, 0.15) is 0 Å². The molecular weight excluding hydrogens is 1180 g/mol. The SMILES string of the molecule is c1ccc(-n2c3ccccc3c3cc(-c4cccc(-c5nc(-c6cccc(-c7ccc8c(c7)c7ccccc7n8-c7ccccc7)c6)nc(-n6c7ccccc7c7cc8c9ccccc9n(-c9cccc(-c%10ccc%11sc%12ccccc%12c%11c%10)n9)c8cc76)n5)c4)ccc32)cc1. The topological polar surface area (TPSA) is 71.3 Å². The van der Waals surface area contributed by atoms with Crippen molar-refractivity contribution in [2.75, 3.05) is 0 Å². The molecule has 0 aliphatic rings. The first-order chi connectivity index (χ1) is 47.1. The Morgan fingerprint density at radius 2 is 0.621 bits per heavy atom. The number of fused-ring (bicyclic) bond motifs is 15. The summed E-state index contributed by atoms with van der Waals surface area (Å²) >= 11 is 1.83. The van der Waals surface area contributed by atoms with Gasteiger partial charge in [0.15, 0.2) is 11.6 Å². The van der Waals surface area contributed by atoms with Crippen LogP contribution in [0.4, 0.5) is 0 Å². The van der Waals surface area contributed by atoms with Crippen LogP contribution >= 0.6 is 11.3 Å². The highest BCUT2D eigenvalue weighted by molar-refractivity contribution is 7.25. The fourth-order valence-corrected chi connectivity index (χ4v) is 16.0. The van der Waals surface area contributed by atoms with Crippen LogP contribution in [-0.2, 0) is 0 Å². The van der Waals surface area contributed by atoms with Crippen molar-refractivity contribution in [1.29, 1.82) is 0 Å². The van der Waals surface area contributed by atoms with Gasteiger partial charge in [0.1, 0.15) is 5.82 Å². The lowest BCUT2D eigenvalue weighted by atomic mass is 10.00. The molecule has 7 aromatic heterocycles. The van der Waals surface area contributed by atoms with Crippen molar-refractivity contribution in [3.8, 4) is 79.4 Å². The van der Waals surface area contributed by atoms with E-state index in [2.05, 4.69) is 334 Å². The van der Waals surface area contributed by atoms with Gasteiger partial charge in [0, 0.05) is 91.3 Å². The van der Waals surface area contributed by atoms with E-state index in [9.17, 15) is 0 Å². The Hall–Kier alpha value is -12.6. The third-order valence-electron chi connectivity index (χ3n) is 19.2. The normalized spacial score (nSPS) is 12.0. The van der Waals surface area contributed by atoms with Crippen molar-refractivity contribution in [2.24, 2.45) is 0 Å². The summed E-state index contributed by atoms with van der Waals surface area (Å²) in [4.78, 5) is 22.2. The molecule has 8 nitrogen and oxygen atoms in total. The predicted molar refractivity (Wildman–Crippen MR) is 395 cm³/mol. The van der Waals surface area contributed by atoms with Gasteiger partial charge in [0.25, 0.3) is 0 Å². The average molecular weight is 1230 g/mol. The molecule has 0 saturated carbocycles. The summed E-state index contributed by atoms with van der Waals surface area (Å²) in [6.07, 6.45) is 0. The van der Waals surface area contributed by atoms with E-state index in [0.717, 1.165) is 116 Å². The van der Waals surface area contributed by atoms with Gasteiger partial charge in [-0.25, -0.2) is 9.97 Å². The Bertz CT molecular complexity index is 6330. The van der Waals surface area contributed by atoms with Gasteiger partial charge >= 0.3 is 0 Å². The molecule has 0 aliphatic heterocycles. The molecular formula is C86H52N8S. The van der Waals surface area contributed by atoms with Crippen molar-refractivity contribution >= 4 is 119 Å². The van der Waals surface area contributed by atoms with Crippen LogP contribution in [0.2, 0.25) is 0 Å². The van der Waals surface area contributed by atoms with Gasteiger partial charge in [-0.1, -0.05) is 188 Å². The zero-order valence-electron chi connectivity index (χ0n) is 51.0. The molecule has 20 aromatic rings. The van der Waals surface area contributed by atoms with E-state index < -0.39 is 0 Å². The fraction of sp³-hybridized carbons (Fsp3) is 0. The summed E-state index contributed by atoms with van der Waals surface area (Å²) < 4.78 is 11.8. The van der Waals surface area contributed by atoms with E-state index in [1.54, 1.807) is 0 Å². The van der Waals surface area contributed by atoms with Crippen LogP contribution in [0, 0.1) is 0 Å². The number of nitrogens with zero attached hydrogens (tertiary/aromatic N) is 8. The molecule has 95 heavy (non-hydrogen) atoms. The zero-order valence-corrected chi connectivity index (χ0v) is 51.8.